The number of halogens is 1. The number of carbonyl (C=O) groups is 1. The zero-order valence-corrected chi connectivity index (χ0v) is 9.39. The molecule has 2 aliphatic carbocycles. The Labute approximate surface area is 90.4 Å². The van der Waals surface area contributed by atoms with E-state index in [1.165, 1.54) is 25.7 Å². The van der Waals surface area contributed by atoms with Gasteiger partial charge in [0.05, 0.1) is 0 Å². The summed E-state index contributed by atoms with van der Waals surface area (Å²) >= 11 is 5.47. The third-order valence-corrected chi connectivity index (χ3v) is 4.19. The van der Waals surface area contributed by atoms with Crippen LogP contribution in [-0.4, -0.2) is 17.8 Å². The molecular weight excluding hydrogens is 198 g/mol. The average Bonchev–Trinajstić information content (AvgIpc) is 2.78. The SMILES string of the molecule is C[C@H](NC(=O)CCl)[C@@H]1C[C@@H]2CC[C@@H]1C2. The first-order valence-corrected chi connectivity index (χ1v) is 6.09. The number of alkyl halides is 1. The highest BCUT2D eigenvalue weighted by Gasteiger charge is 2.41. The first-order valence-electron chi connectivity index (χ1n) is 5.56. The average molecular weight is 216 g/mol. The molecule has 14 heavy (non-hydrogen) atoms. The van der Waals surface area contributed by atoms with Crippen molar-refractivity contribution >= 4 is 17.5 Å². The van der Waals surface area contributed by atoms with Crippen LogP contribution in [0.2, 0.25) is 0 Å². The molecule has 1 N–H and O–H groups in total. The van der Waals surface area contributed by atoms with Crippen LogP contribution >= 0.6 is 11.6 Å². The van der Waals surface area contributed by atoms with Gasteiger partial charge in [-0.1, -0.05) is 6.42 Å². The molecule has 0 radical (unpaired) electrons. The van der Waals surface area contributed by atoms with E-state index in [2.05, 4.69) is 12.2 Å². The fourth-order valence-corrected chi connectivity index (χ4v) is 3.38. The van der Waals surface area contributed by atoms with E-state index in [-0.39, 0.29) is 11.8 Å². The molecule has 2 saturated carbocycles. The van der Waals surface area contributed by atoms with Crippen molar-refractivity contribution < 1.29 is 4.79 Å². The molecule has 2 fully saturated rings. The number of hydrogen-bond donors (Lipinski definition) is 1. The van der Waals surface area contributed by atoms with E-state index in [0.717, 1.165) is 11.8 Å². The van der Waals surface area contributed by atoms with Crippen LogP contribution in [0.1, 0.15) is 32.6 Å². The van der Waals surface area contributed by atoms with Gasteiger partial charge in [0.2, 0.25) is 5.91 Å². The van der Waals surface area contributed by atoms with E-state index in [9.17, 15) is 4.79 Å². The van der Waals surface area contributed by atoms with Crippen LogP contribution in [0.5, 0.6) is 0 Å². The van der Waals surface area contributed by atoms with Crippen molar-refractivity contribution in [1.82, 2.24) is 5.32 Å². The molecule has 1 amide bonds. The van der Waals surface area contributed by atoms with E-state index in [1.807, 2.05) is 0 Å². The standard InChI is InChI=1S/C11H18ClNO/c1-7(13-11(14)6-12)10-5-8-2-3-9(10)4-8/h7-10H,2-6H2,1H3,(H,13,14)/t7-,8+,9+,10-/m0/s1. The summed E-state index contributed by atoms with van der Waals surface area (Å²) in [5.41, 5.74) is 0. The minimum absolute atomic E-state index is 0.0260. The maximum Gasteiger partial charge on any atom is 0.235 e. The molecule has 2 nitrogen and oxygen atoms in total. The highest BCUT2D eigenvalue weighted by Crippen LogP contribution is 2.49. The summed E-state index contributed by atoms with van der Waals surface area (Å²) < 4.78 is 0. The smallest absolute Gasteiger partial charge is 0.235 e. The first kappa shape index (κ1) is 10.3. The number of amides is 1. The topological polar surface area (TPSA) is 29.1 Å². The van der Waals surface area contributed by atoms with Crippen molar-refractivity contribution in [2.75, 3.05) is 5.88 Å². The summed E-state index contributed by atoms with van der Waals surface area (Å²) in [4.78, 5) is 11.1. The quantitative estimate of drug-likeness (QED) is 0.719. The molecule has 4 atom stereocenters. The Morgan fingerprint density at radius 3 is 2.79 bits per heavy atom. The lowest BCUT2D eigenvalue weighted by molar-refractivity contribution is -0.119. The van der Waals surface area contributed by atoms with Gasteiger partial charge >= 0.3 is 0 Å². The monoisotopic (exact) mass is 215 g/mol. The second kappa shape index (κ2) is 4.09. The second-order valence-electron chi connectivity index (χ2n) is 4.83. The molecule has 0 spiro atoms. The summed E-state index contributed by atoms with van der Waals surface area (Å²) in [6, 6.07) is 0.316. The van der Waals surface area contributed by atoms with Crippen molar-refractivity contribution in [3.05, 3.63) is 0 Å². The summed E-state index contributed by atoms with van der Waals surface area (Å²) in [6.07, 6.45) is 5.49. The lowest BCUT2D eigenvalue weighted by atomic mass is 9.84. The van der Waals surface area contributed by atoms with E-state index in [1.54, 1.807) is 0 Å². The number of rotatable bonds is 3. The molecule has 2 bridgehead atoms. The lowest BCUT2D eigenvalue weighted by Gasteiger charge is -2.28. The molecule has 2 rings (SSSR count). The van der Waals surface area contributed by atoms with Crippen LogP contribution in [0.4, 0.5) is 0 Å². The van der Waals surface area contributed by atoms with Gasteiger partial charge in [-0.2, -0.15) is 0 Å². The van der Waals surface area contributed by atoms with Gasteiger partial charge in [-0.15, -0.1) is 11.6 Å². The fourth-order valence-electron chi connectivity index (χ4n) is 3.31. The third kappa shape index (κ3) is 1.90. The van der Waals surface area contributed by atoms with Crippen LogP contribution in [0.3, 0.4) is 0 Å². The summed E-state index contributed by atoms with van der Waals surface area (Å²) in [6.45, 7) is 2.12. The molecule has 0 aromatic carbocycles. The second-order valence-corrected chi connectivity index (χ2v) is 5.10. The highest BCUT2D eigenvalue weighted by molar-refractivity contribution is 6.27. The molecule has 0 saturated heterocycles. The number of hydrogen-bond acceptors (Lipinski definition) is 1. The minimum Gasteiger partial charge on any atom is -0.352 e. The van der Waals surface area contributed by atoms with Crippen LogP contribution < -0.4 is 5.32 Å². The maximum atomic E-state index is 11.1. The Balaban J connectivity index is 1.86. The lowest BCUT2D eigenvalue weighted by Crippen LogP contribution is -2.40. The summed E-state index contributed by atoms with van der Waals surface area (Å²) in [5, 5.41) is 2.99. The van der Waals surface area contributed by atoms with Gasteiger partial charge in [-0.25, -0.2) is 0 Å². The van der Waals surface area contributed by atoms with Crippen LogP contribution in [0, 0.1) is 17.8 Å². The van der Waals surface area contributed by atoms with Crippen molar-refractivity contribution in [3.63, 3.8) is 0 Å². The molecule has 0 aromatic heterocycles. The molecule has 0 heterocycles. The van der Waals surface area contributed by atoms with Gasteiger partial charge in [0.25, 0.3) is 0 Å². The normalized spacial score (nSPS) is 37.1. The third-order valence-electron chi connectivity index (χ3n) is 3.95. The van der Waals surface area contributed by atoms with Crippen molar-refractivity contribution in [2.24, 2.45) is 17.8 Å². The Morgan fingerprint density at radius 2 is 2.29 bits per heavy atom. The van der Waals surface area contributed by atoms with E-state index in [4.69, 9.17) is 11.6 Å². The number of carbonyl (C=O) groups excluding carboxylic acids is 1. The van der Waals surface area contributed by atoms with Crippen LogP contribution in [-0.2, 0) is 4.79 Å². The van der Waals surface area contributed by atoms with Gasteiger partial charge < -0.3 is 5.32 Å². The predicted octanol–water partition coefficient (Wildman–Crippen LogP) is 2.17. The van der Waals surface area contributed by atoms with Gasteiger partial charge in [0, 0.05) is 6.04 Å². The molecule has 2 aliphatic rings. The molecular formula is C11H18ClNO. The zero-order chi connectivity index (χ0) is 10.1. The molecule has 0 unspecified atom stereocenters. The Hall–Kier alpha value is -0.240. The fraction of sp³-hybridized carbons (Fsp3) is 0.909. The number of nitrogens with one attached hydrogen (secondary N) is 1. The molecule has 0 aliphatic heterocycles. The first-order chi connectivity index (χ1) is 6.70. The Bertz CT molecular complexity index is 231. The van der Waals surface area contributed by atoms with Crippen molar-refractivity contribution in [3.8, 4) is 0 Å². The number of fused-ring (bicyclic) bond motifs is 2. The van der Waals surface area contributed by atoms with Gasteiger partial charge in [0.1, 0.15) is 5.88 Å². The summed E-state index contributed by atoms with van der Waals surface area (Å²) in [5.74, 6) is 2.58. The van der Waals surface area contributed by atoms with E-state index < -0.39 is 0 Å². The largest absolute Gasteiger partial charge is 0.352 e. The van der Waals surface area contributed by atoms with Crippen molar-refractivity contribution in [2.45, 2.75) is 38.6 Å². The van der Waals surface area contributed by atoms with Crippen LogP contribution in [0.15, 0.2) is 0 Å². The van der Waals surface area contributed by atoms with Gasteiger partial charge in [0.15, 0.2) is 0 Å². The van der Waals surface area contributed by atoms with E-state index >= 15 is 0 Å². The maximum absolute atomic E-state index is 11.1. The predicted molar refractivity (Wildman–Crippen MR) is 57.3 cm³/mol. The molecule has 3 heteroatoms. The summed E-state index contributed by atoms with van der Waals surface area (Å²) in [7, 11) is 0. The van der Waals surface area contributed by atoms with Crippen LogP contribution in [0.25, 0.3) is 0 Å². The van der Waals surface area contributed by atoms with Gasteiger partial charge in [-0.3, -0.25) is 4.79 Å². The Kier molecular flexibility index (Phi) is 3.01. The minimum atomic E-state index is -0.0260. The van der Waals surface area contributed by atoms with E-state index in [0.29, 0.717) is 12.0 Å². The van der Waals surface area contributed by atoms with Crippen molar-refractivity contribution in [1.29, 1.82) is 0 Å². The zero-order valence-electron chi connectivity index (χ0n) is 8.63. The van der Waals surface area contributed by atoms with Gasteiger partial charge in [-0.05, 0) is 43.9 Å². The highest BCUT2D eigenvalue weighted by atomic mass is 35.5. The molecule has 80 valence electrons. The molecule has 0 aromatic rings. The Morgan fingerprint density at radius 1 is 1.50 bits per heavy atom.